The van der Waals surface area contributed by atoms with E-state index in [4.69, 9.17) is 4.74 Å². The normalized spacial score (nSPS) is 8.73. The molecule has 4 nitrogen and oxygen atoms in total. The van der Waals surface area contributed by atoms with E-state index in [1.807, 2.05) is 6.92 Å². The topological polar surface area (TPSA) is 55.8 Å². The number of methoxy groups -OCH3 is 1. The molecule has 0 bridgehead atoms. The molecule has 0 radical (unpaired) electrons. The number of hydrogen-bond acceptors (Lipinski definition) is 4. The second-order valence-electron chi connectivity index (χ2n) is 2.69. The van der Waals surface area contributed by atoms with Crippen LogP contribution in [-0.4, -0.2) is 32.2 Å². The maximum atomic E-state index is 10.3. The van der Waals surface area contributed by atoms with Gasteiger partial charge in [0.2, 0.25) is 0 Å². The maximum Gasteiger partial charge on any atom is 0.161 e. The quantitative estimate of drug-likeness (QED) is 0.777. The predicted octanol–water partition coefficient (Wildman–Crippen LogP) is 1.87. The molecule has 15 heavy (non-hydrogen) atoms. The molecule has 0 heterocycles. The molecule has 0 aliphatic heterocycles. The smallest absolute Gasteiger partial charge is 0.161 e. The third kappa shape index (κ3) is 5.02. The van der Waals surface area contributed by atoms with Gasteiger partial charge >= 0.3 is 0 Å². The second-order valence-corrected chi connectivity index (χ2v) is 2.69. The summed E-state index contributed by atoms with van der Waals surface area (Å²) in [5.41, 5.74) is 0.497. The molecular formula is C11H16O4. The molecule has 0 saturated carbocycles. The highest BCUT2D eigenvalue weighted by Gasteiger charge is 2.01. The number of carbonyl (C=O) groups is 1. The molecule has 0 amide bonds. The number of phenols is 1. The zero-order chi connectivity index (χ0) is 11.7. The average Bonchev–Trinajstić information content (AvgIpc) is 2.23. The molecular weight excluding hydrogens is 196 g/mol. The standard InChI is InChI=1S/C9H10O3.C2H6O/c1-2-12-9-5-7(6-10)3-4-8(9)11;1-3-2/h3-6,11H,2H2,1H3;1-2H3. The zero-order valence-electron chi connectivity index (χ0n) is 9.19. The van der Waals surface area contributed by atoms with Crippen molar-refractivity contribution in [3.63, 3.8) is 0 Å². The number of benzene rings is 1. The molecule has 1 N–H and O–H groups in total. The van der Waals surface area contributed by atoms with E-state index in [-0.39, 0.29) is 5.75 Å². The number of rotatable bonds is 3. The van der Waals surface area contributed by atoms with Crippen molar-refractivity contribution in [2.24, 2.45) is 0 Å². The summed E-state index contributed by atoms with van der Waals surface area (Å²) in [6.07, 6.45) is 0.710. The van der Waals surface area contributed by atoms with Crippen LogP contribution in [0.5, 0.6) is 11.5 Å². The molecule has 0 spiro atoms. The number of phenolic OH excluding ortho intramolecular Hbond substituents is 1. The van der Waals surface area contributed by atoms with Crippen LogP contribution in [0.4, 0.5) is 0 Å². The fourth-order valence-corrected chi connectivity index (χ4v) is 0.875. The molecule has 0 unspecified atom stereocenters. The molecule has 0 atom stereocenters. The Kier molecular flexibility index (Phi) is 7.01. The summed E-state index contributed by atoms with van der Waals surface area (Å²) in [5, 5.41) is 9.22. The summed E-state index contributed by atoms with van der Waals surface area (Å²) < 4.78 is 9.32. The van der Waals surface area contributed by atoms with Gasteiger partial charge in [-0.15, -0.1) is 0 Å². The lowest BCUT2D eigenvalue weighted by Gasteiger charge is -2.04. The van der Waals surface area contributed by atoms with Gasteiger partial charge in [0.15, 0.2) is 11.5 Å². The molecule has 0 saturated heterocycles. The lowest BCUT2D eigenvalue weighted by atomic mass is 10.2. The predicted molar refractivity (Wildman–Crippen MR) is 57.6 cm³/mol. The van der Waals surface area contributed by atoms with Crippen molar-refractivity contribution in [1.29, 1.82) is 0 Å². The fourth-order valence-electron chi connectivity index (χ4n) is 0.875. The van der Waals surface area contributed by atoms with Crippen molar-refractivity contribution in [2.75, 3.05) is 20.8 Å². The zero-order valence-corrected chi connectivity index (χ0v) is 9.19. The molecule has 1 aromatic carbocycles. The molecule has 0 fully saturated rings. The van der Waals surface area contributed by atoms with Crippen molar-refractivity contribution in [3.8, 4) is 11.5 Å². The van der Waals surface area contributed by atoms with Crippen molar-refractivity contribution >= 4 is 6.29 Å². The van der Waals surface area contributed by atoms with E-state index < -0.39 is 0 Å². The van der Waals surface area contributed by atoms with Crippen LogP contribution in [0, 0.1) is 0 Å². The van der Waals surface area contributed by atoms with Crippen LogP contribution >= 0.6 is 0 Å². The van der Waals surface area contributed by atoms with Crippen LogP contribution in [0.3, 0.4) is 0 Å². The van der Waals surface area contributed by atoms with Gasteiger partial charge in [-0.3, -0.25) is 4.79 Å². The lowest BCUT2D eigenvalue weighted by molar-refractivity contribution is 0.112. The van der Waals surface area contributed by atoms with E-state index >= 15 is 0 Å². The molecule has 1 rings (SSSR count). The highest BCUT2D eigenvalue weighted by Crippen LogP contribution is 2.25. The van der Waals surface area contributed by atoms with Crippen LogP contribution in [0.1, 0.15) is 17.3 Å². The summed E-state index contributed by atoms with van der Waals surface area (Å²) in [6.45, 7) is 2.28. The third-order valence-electron chi connectivity index (χ3n) is 1.42. The van der Waals surface area contributed by atoms with Crippen molar-refractivity contribution in [3.05, 3.63) is 23.8 Å². The van der Waals surface area contributed by atoms with Gasteiger partial charge in [-0.25, -0.2) is 0 Å². The van der Waals surface area contributed by atoms with E-state index in [9.17, 15) is 9.90 Å². The fraction of sp³-hybridized carbons (Fsp3) is 0.364. The molecule has 0 aromatic heterocycles. The van der Waals surface area contributed by atoms with E-state index in [0.29, 0.717) is 24.2 Å². The van der Waals surface area contributed by atoms with E-state index in [1.54, 1.807) is 14.2 Å². The lowest BCUT2D eigenvalue weighted by Crippen LogP contribution is -1.92. The third-order valence-corrected chi connectivity index (χ3v) is 1.42. The first-order chi connectivity index (χ1) is 7.19. The Hall–Kier alpha value is -1.55. The average molecular weight is 212 g/mol. The second kappa shape index (κ2) is 7.82. The largest absolute Gasteiger partial charge is 0.504 e. The Morgan fingerprint density at radius 1 is 1.40 bits per heavy atom. The number of hydrogen-bond donors (Lipinski definition) is 1. The van der Waals surface area contributed by atoms with Crippen LogP contribution in [0.15, 0.2) is 18.2 Å². The van der Waals surface area contributed by atoms with Gasteiger partial charge in [0.25, 0.3) is 0 Å². The van der Waals surface area contributed by atoms with Crippen molar-refractivity contribution in [1.82, 2.24) is 0 Å². The summed E-state index contributed by atoms with van der Waals surface area (Å²) in [7, 11) is 3.25. The highest BCUT2D eigenvalue weighted by atomic mass is 16.5. The van der Waals surface area contributed by atoms with Crippen molar-refractivity contribution in [2.45, 2.75) is 6.92 Å². The first-order valence-electron chi connectivity index (χ1n) is 4.50. The summed E-state index contributed by atoms with van der Waals surface area (Å²) in [6, 6.07) is 4.48. The monoisotopic (exact) mass is 212 g/mol. The molecule has 0 aliphatic rings. The Morgan fingerprint density at radius 2 is 2.00 bits per heavy atom. The van der Waals surface area contributed by atoms with Gasteiger partial charge < -0.3 is 14.6 Å². The first-order valence-corrected chi connectivity index (χ1v) is 4.50. The van der Waals surface area contributed by atoms with Gasteiger partial charge in [-0.05, 0) is 25.1 Å². The first kappa shape index (κ1) is 13.4. The van der Waals surface area contributed by atoms with E-state index in [0.717, 1.165) is 0 Å². The number of aromatic hydroxyl groups is 1. The summed E-state index contributed by atoms with van der Waals surface area (Å²) in [5.74, 6) is 0.407. The van der Waals surface area contributed by atoms with Gasteiger partial charge in [-0.2, -0.15) is 0 Å². The number of ether oxygens (including phenoxy) is 2. The van der Waals surface area contributed by atoms with E-state index in [2.05, 4.69) is 4.74 Å². The Morgan fingerprint density at radius 3 is 2.47 bits per heavy atom. The molecule has 4 heteroatoms. The van der Waals surface area contributed by atoms with Gasteiger partial charge in [-0.1, -0.05) is 0 Å². The van der Waals surface area contributed by atoms with Crippen molar-refractivity contribution < 1.29 is 19.4 Å². The van der Waals surface area contributed by atoms with Crippen LogP contribution < -0.4 is 4.74 Å². The van der Waals surface area contributed by atoms with Gasteiger partial charge in [0, 0.05) is 19.8 Å². The molecule has 1 aromatic rings. The highest BCUT2D eigenvalue weighted by molar-refractivity contribution is 5.76. The Balaban J connectivity index is 0.000000583. The summed E-state index contributed by atoms with van der Waals surface area (Å²) in [4.78, 5) is 10.3. The molecule has 84 valence electrons. The Bertz CT molecular complexity index is 297. The van der Waals surface area contributed by atoms with Gasteiger partial charge in [0.05, 0.1) is 6.61 Å². The SMILES string of the molecule is CCOc1cc(C=O)ccc1O.COC. The maximum absolute atomic E-state index is 10.3. The Labute approximate surface area is 89.4 Å². The minimum Gasteiger partial charge on any atom is -0.504 e. The molecule has 0 aliphatic carbocycles. The van der Waals surface area contributed by atoms with E-state index in [1.165, 1.54) is 18.2 Å². The number of aldehydes is 1. The van der Waals surface area contributed by atoms with Gasteiger partial charge in [0.1, 0.15) is 6.29 Å². The van der Waals surface area contributed by atoms with Crippen LogP contribution in [-0.2, 0) is 4.74 Å². The minimum absolute atomic E-state index is 0.0578. The number of carbonyl (C=O) groups excluding carboxylic acids is 1. The summed E-state index contributed by atoms with van der Waals surface area (Å²) >= 11 is 0. The van der Waals surface area contributed by atoms with Crippen LogP contribution in [0.2, 0.25) is 0 Å². The minimum atomic E-state index is 0.0578. The van der Waals surface area contributed by atoms with Crippen LogP contribution in [0.25, 0.3) is 0 Å².